The van der Waals surface area contributed by atoms with Crippen LogP contribution in [0.15, 0.2) is 67.3 Å². The highest BCUT2D eigenvalue weighted by molar-refractivity contribution is 5.89. The number of unbranched alkanes of at least 4 members (excludes halogenated alkanes) is 2. The lowest BCUT2D eigenvalue weighted by Gasteiger charge is -2.29. The third kappa shape index (κ3) is 6.79. The predicted molar refractivity (Wildman–Crippen MR) is 144 cm³/mol. The van der Waals surface area contributed by atoms with E-state index in [1.165, 1.54) is 68.4 Å². The lowest BCUT2D eigenvalue weighted by Crippen LogP contribution is -2.13. The maximum Gasteiger partial charge on any atom is 0.142 e. The Morgan fingerprint density at radius 3 is 2.32 bits per heavy atom. The second-order valence-electron chi connectivity index (χ2n) is 9.35. The first-order valence-electron chi connectivity index (χ1n) is 12.7. The molecule has 0 heterocycles. The van der Waals surface area contributed by atoms with Gasteiger partial charge in [-0.25, -0.2) is 4.39 Å². The van der Waals surface area contributed by atoms with Gasteiger partial charge in [0.25, 0.3) is 0 Å². The van der Waals surface area contributed by atoms with Crippen molar-refractivity contribution in [2.75, 3.05) is 12.4 Å². The molecule has 0 atom stereocenters. The molecule has 180 valence electrons. The molecule has 3 aromatic carbocycles. The Kier molecular flexibility index (Phi) is 9.88. The third-order valence-corrected chi connectivity index (χ3v) is 7.06. The fourth-order valence-corrected chi connectivity index (χ4v) is 5.06. The quantitative estimate of drug-likeness (QED) is 0.207. The minimum atomic E-state index is -0.0937. The van der Waals surface area contributed by atoms with Crippen molar-refractivity contribution in [1.82, 2.24) is 0 Å². The number of fused-ring (bicyclic) bond motifs is 1. The van der Waals surface area contributed by atoms with Gasteiger partial charge in [-0.1, -0.05) is 69.5 Å². The van der Waals surface area contributed by atoms with Crippen LogP contribution in [0.5, 0.6) is 0 Å². The van der Waals surface area contributed by atoms with Crippen molar-refractivity contribution in [3.8, 4) is 11.1 Å². The van der Waals surface area contributed by atoms with Crippen LogP contribution in [0.25, 0.3) is 21.9 Å². The molecule has 0 radical (unpaired) electrons. The van der Waals surface area contributed by atoms with Crippen LogP contribution in [0.3, 0.4) is 0 Å². The molecular formula is C31H38FNO. The van der Waals surface area contributed by atoms with Crippen molar-refractivity contribution in [3.05, 3.63) is 78.6 Å². The van der Waals surface area contributed by atoms with E-state index in [4.69, 9.17) is 4.79 Å². The SMILES string of the molecule is C=CC=O.CCCCCC1CCC(c2ccc(-c3ccc4cc(NC)ccc4c3)c(F)c2)CC1. The standard InChI is InChI=1S/C28H34FN.C3H4O/c1-3-4-5-6-20-7-9-21(10-8-20)24-14-16-27(28(29)19-24)25-12-11-23-18-26(30-2)15-13-22(23)17-25;1-2-3-4/h11-21,30H,3-10H2,1-2H3;2-3H,1H2. The second kappa shape index (κ2) is 13.1. The van der Waals surface area contributed by atoms with Crippen molar-refractivity contribution < 1.29 is 9.18 Å². The summed E-state index contributed by atoms with van der Waals surface area (Å²) in [7, 11) is 1.92. The summed E-state index contributed by atoms with van der Waals surface area (Å²) < 4.78 is 15.1. The van der Waals surface area contributed by atoms with Gasteiger partial charge < -0.3 is 5.32 Å². The van der Waals surface area contributed by atoms with E-state index >= 15 is 4.39 Å². The first-order valence-corrected chi connectivity index (χ1v) is 12.7. The number of rotatable bonds is 8. The van der Waals surface area contributed by atoms with Gasteiger partial charge in [-0.2, -0.15) is 0 Å². The van der Waals surface area contributed by atoms with E-state index < -0.39 is 0 Å². The number of hydrogen-bond donors (Lipinski definition) is 1. The van der Waals surface area contributed by atoms with Crippen molar-refractivity contribution in [2.24, 2.45) is 5.92 Å². The Hall–Kier alpha value is -2.94. The van der Waals surface area contributed by atoms with Gasteiger partial charge >= 0.3 is 0 Å². The van der Waals surface area contributed by atoms with Crippen LogP contribution >= 0.6 is 0 Å². The molecule has 4 rings (SSSR count). The van der Waals surface area contributed by atoms with Gasteiger partial charge in [0, 0.05) is 18.3 Å². The Morgan fingerprint density at radius 2 is 1.68 bits per heavy atom. The minimum absolute atomic E-state index is 0.0937. The molecule has 1 aliphatic carbocycles. The average Bonchev–Trinajstić information content (AvgIpc) is 2.88. The summed E-state index contributed by atoms with van der Waals surface area (Å²) in [6.45, 7) is 5.38. The molecule has 1 aliphatic rings. The lowest BCUT2D eigenvalue weighted by molar-refractivity contribution is -0.104. The van der Waals surface area contributed by atoms with Crippen LogP contribution < -0.4 is 5.32 Å². The normalized spacial score (nSPS) is 17.5. The average molecular weight is 460 g/mol. The van der Waals surface area contributed by atoms with E-state index in [-0.39, 0.29) is 5.82 Å². The van der Waals surface area contributed by atoms with E-state index in [0.29, 0.717) is 17.8 Å². The van der Waals surface area contributed by atoms with Crippen LogP contribution in [0.2, 0.25) is 0 Å². The van der Waals surface area contributed by atoms with Gasteiger partial charge in [0.15, 0.2) is 0 Å². The fourth-order valence-electron chi connectivity index (χ4n) is 5.06. The minimum Gasteiger partial charge on any atom is -0.388 e. The number of anilines is 1. The van der Waals surface area contributed by atoms with Crippen LogP contribution in [-0.4, -0.2) is 13.3 Å². The van der Waals surface area contributed by atoms with Gasteiger partial charge in [-0.3, -0.25) is 4.79 Å². The summed E-state index contributed by atoms with van der Waals surface area (Å²) in [5, 5.41) is 5.47. The number of halogens is 1. The maximum absolute atomic E-state index is 15.1. The Labute approximate surface area is 204 Å². The first kappa shape index (κ1) is 25.7. The molecule has 34 heavy (non-hydrogen) atoms. The fraction of sp³-hybridized carbons (Fsp3) is 0.387. The van der Waals surface area contributed by atoms with Crippen LogP contribution in [-0.2, 0) is 4.79 Å². The van der Waals surface area contributed by atoms with Crippen LogP contribution in [0, 0.1) is 11.7 Å². The molecule has 0 aliphatic heterocycles. The molecule has 0 bridgehead atoms. The largest absolute Gasteiger partial charge is 0.388 e. The molecule has 1 N–H and O–H groups in total. The lowest BCUT2D eigenvalue weighted by atomic mass is 9.77. The molecule has 3 heteroatoms. The van der Waals surface area contributed by atoms with E-state index in [1.807, 2.05) is 19.2 Å². The van der Waals surface area contributed by atoms with Gasteiger partial charge in [0.05, 0.1) is 0 Å². The van der Waals surface area contributed by atoms with Crippen LogP contribution in [0.1, 0.15) is 69.8 Å². The zero-order chi connectivity index (χ0) is 24.3. The Balaban J connectivity index is 0.000000751. The van der Waals surface area contributed by atoms with Crippen LogP contribution in [0.4, 0.5) is 10.1 Å². The predicted octanol–water partition coefficient (Wildman–Crippen LogP) is 8.91. The summed E-state index contributed by atoms with van der Waals surface area (Å²) in [5.41, 5.74) is 3.92. The van der Waals surface area contributed by atoms with E-state index in [1.54, 1.807) is 6.07 Å². The molecule has 0 aromatic heterocycles. The Morgan fingerprint density at radius 1 is 0.971 bits per heavy atom. The van der Waals surface area contributed by atoms with Crippen molar-refractivity contribution >= 4 is 22.7 Å². The molecule has 3 aromatic rings. The topological polar surface area (TPSA) is 29.1 Å². The number of carbonyl (C=O) groups is 1. The number of carbonyl (C=O) groups excluding carboxylic acids is 1. The summed E-state index contributed by atoms with van der Waals surface area (Å²) in [6, 6.07) is 18.4. The summed E-state index contributed by atoms with van der Waals surface area (Å²) >= 11 is 0. The summed E-state index contributed by atoms with van der Waals surface area (Å²) in [5.74, 6) is 1.31. The number of aldehydes is 1. The second-order valence-corrected chi connectivity index (χ2v) is 9.35. The maximum atomic E-state index is 15.1. The first-order chi connectivity index (χ1) is 16.6. The number of hydrogen-bond acceptors (Lipinski definition) is 2. The molecule has 0 spiro atoms. The van der Waals surface area contributed by atoms with E-state index in [0.717, 1.165) is 22.6 Å². The molecule has 0 unspecified atom stereocenters. The molecular weight excluding hydrogens is 421 g/mol. The summed E-state index contributed by atoms with van der Waals surface area (Å²) in [6.07, 6.45) is 12.3. The number of allylic oxidation sites excluding steroid dienone is 1. The number of benzene rings is 3. The zero-order valence-electron chi connectivity index (χ0n) is 20.7. The van der Waals surface area contributed by atoms with E-state index in [2.05, 4.69) is 55.2 Å². The third-order valence-electron chi connectivity index (χ3n) is 7.06. The Bertz CT molecular complexity index is 1080. The van der Waals surface area contributed by atoms with Gasteiger partial charge in [0.2, 0.25) is 0 Å². The monoisotopic (exact) mass is 459 g/mol. The zero-order valence-corrected chi connectivity index (χ0v) is 20.7. The van der Waals surface area contributed by atoms with Crippen molar-refractivity contribution in [1.29, 1.82) is 0 Å². The number of nitrogens with one attached hydrogen (secondary N) is 1. The highest BCUT2D eigenvalue weighted by Gasteiger charge is 2.23. The van der Waals surface area contributed by atoms with Crippen molar-refractivity contribution in [3.63, 3.8) is 0 Å². The molecule has 1 fully saturated rings. The highest BCUT2D eigenvalue weighted by Crippen LogP contribution is 2.39. The van der Waals surface area contributed by atoms with Gasteiger partial charge in [-0.15, -0.1) is 0 Å². The van der Waals surface area contributed by atoms with Gasteiger partial charge in [-0.05, 0) is 89.8 Å². The van der Waals surface area contributed by atoms with E-state index in [9.17, 15) is 0 Å². The molecule has 1 saturated carbocycles. The molecule has 2 nitrogen and oxygen atoms in total. The highest BCUT2D eigenvalue weighted by atomic mass is 19.1. The van der Waals surface area contributed by atoms with Gasteiger partial charge in [0.1, 0.15) is 12.1 Å². The molecule has 0 amide bonds. The summed E-state index contributed by atoms with van der Waals surface area (Å²) in [4.78, 5) is 9.06. The molecule has 0 saturated heterocycles. The van der Waals surface area contributed by atoms with Crippen molar-refractivity contribution in [2.45, 2.75) is 64.2 Å². The smallest absolute Gasteiger partial charge is 0.142 e.